The molecular formula is C45H36O4Si2. The topological polar surface area (TPSA) is 52.6 Å². The molecule has 0 aliphatic heterocycles. The Morgan fingerprint density at radius 2 is 0.725 bits per heavy atom. The molecule has 6 aromatic rings. The Hall–Kier alpha value is -5.83. The summed E-state index contributed by atoms with van der Waals surface area (Å²) in [4.78, 5) is 30.0. The minimum Gasteiger partial charge on any atom is -0.534 e. The first-order chi connectivity index (χ1) is 24.8. The average Bonchev–Trinajstić information content (AvgIpc) is 3.19. The normalized spacial score (nSPS) is 14.1. The van der Waals surface area contributed by atoms with Crippen LogP contribution in [0.25, 0.3) is 11.5 Å². The molecular weight excluding hydrogens is 661 g/mol. The van der Waals surface area contributed by atoms with Crippen molar-refractivity contribution in [2.75, 3.05) is 0 Å². The Kier molecular flexibility index (Phi) is 8.13. The molecule has 0 unspecified atom stereocenters. The van der Waals surface area contributed by atoms with Crippen molar-refractivity contribution in [3.63, 3.8) is 0 Å². The van der Waals surface area contributed by atoms with E-state index >= 15 is 4.79 Å². The standard InChI is InChI=1S/C45H36O4Si2/c1-31-28-29-38-39(30-31)43(47)41-40(45(38)49-51(3,34-22-12-6-13-23-34)35-24-14-7-15-25-35)42(46)36-26-16-17-27-37(36)44(41)48-50(2,32-18-8-4-9-19-32)33-20-10-5-11-21-33/h4-30H,1-3H3. The summed E-state index contributed by atoms with van der Waals surface area (Å²) in [7, 11) is -6.08. The first kappa shape index (κ1) is 32.4. The number of hydrogen-bond acceptors (Lipinski definition) is 4. The van der Waals surface area contributed by atoms with E-state index in [9.17, 15) is 4.79 Å². The van der Waals surface area contributed by atoms with Crippen molar-refractivity contribution in [3.8, 4) is 0 Å². The fourth-order valence-electron chi connectivity index (χ4n) is 7.34. The predicted octanol–water partition coefficient (Wildman–Crippen LogP) is 7.32. The molecule has 2 aliphatic rings. The predicted molar refractivity (Wildman–Crippen MR) is 210 cm³/mol. The SMILES string of the molecule is Cc1ccc2c(c1)C(=O)C1=C(O[Si](C)(c3ccccc3)c3ccccc3)c3ccccc3C(=O)C1=C2O[Si](C)(c1ccccc1)c1ccccc1. The number of ketones is 2. The summed E-state index contributed by atoms with van der Waals surface area (Å²) < 4.78 is 14.9. The summed E-state index contributed by atoms with van der Waals surface area (Å²) >= 11 is 0. The molecule has 0 aromatic heterocycles. The second-order valence-corrected chi connectivity index (χ2v) is 20.2. The molecule has 6 heteroatoms. The lowest BCUT2D eigenvalue weighted by Gasteiger charge is -2.38. The van der Waals surface area contributed by atoms with Crippen molar-refractivity contribution in [1.29, 1.82) is 0 Å². The van der Waals surface area contributed by atoms with Crippen molar-refractivity contribution in [1.82, 2.24) is 0 Å². The summed E-state index contributed by atoms with van der Waals surface area (Å²) in [6, 6.07) is 54.1. The molecule has 0 fully saturated rings. The van der Waals surface area contributed by atoms with Crippen LogP contribution in [0.2, 0.25) is 13.1 Å². The highest BCUT2D eigenvalue weighted by atomic mass is 28.4. The quantitative estimate of drug-likeness (QED) is 0.157. The van der Waals surface area contributed by atoms with Crippen molar-refractivity contribution in [3.05, 3.63) is 203 Å². The Balaban J connectivity index is 1.44. The van der Waals surface area contributed by atoms with Crippen molar-refractivity contribution in [2.45, 2.75) is 20.0 Å². The van der Waals surface area contributed by atoms with Gasteiger partial charge in [-0.1, -0.05) is 163 Å². The smallest absolute Gasteiger partial charge is 0.311 e. The van der Waals surface area contributed by atoms with E-state index in [1.165, 1.54) is 0 Å². The van der Waals surface area contributed by atoms with Gasteiger partial charge in [-0.25, -0.2) is 0 Å². The molecule has 0 saturated carbocycles. The van der Waals surface area contributed by atoms with E-state index in [2.05, 4.69) is 61.6 Å². The first-order valence-corrected chi connectivity index (χ1v) is 22.0. The largest absolute Gasteiger partial charge is 0.534 e. The van der Waals surface area contributed by atoms with Gasteiger partial charge in [0.25, 0.3) is 0 Å². The van der Waals surface area contributed by atoms with Gasteiger partial charge in [0.15, 0.2) is 11.6 Å². The number of aryl methyl sites for hydroxylation is 1. The Morgan fingerprint density at radius 1 is 0.392 bits per heavy atom. The molecule has 0 radical (unpaired) electrons. The zero-order valence-electron chi connectivity index (χ0n) is 28.7. The number of benzene rings is 6. The molecule has 248 valence electrons. The van der Waals surface area contributed by atoms with E-state index < -0.39 is 16.6 Å². The summed E-state index contributed by atoms with van der Waals surface area (Å²) in [6.07, 6.45) is 0. The number of carbonyl (C=O) groups excluding carboxylic acids is 2. The van der Waals surface area contributed by atoms with Crippen molar-refractivity contribution < 1.29 is 18.4 Å². The van der Waals surface area contributed by atoms with E-state index in [0.29, 0.717) is 33.8 Å². The van der Waals surface area contributed by atoms with Gasteiger partial charge in [-0.05, 0) is 46.8 Å². The molecule has 0 heterocycles. The molecule has 4 nitrogen and oxygen atoms in total. The second-order valence-electron chi connectivity index (χ2n) is 13.4. The van der Waals surface area contributed by atoms with Gasteiger partial charge in [0.05, 0.1) is 11.1 Å². The maximum absolute atomic E-state index is 15.0. The van der Waals surface area contributed by atoms with E-state index in [-0.39, 0.29) is 22.7 Å². The maximum atomic E-state index is 15.0. The highest BCUT2D eigenvalue weighted by Gasteiger charge is 2.47. The summed E-state index contributed by atoms with van der Waals surface area (Å²) in [5.41, 5.74) is 3.67. The third kappa shape index (κ3) is 5.44. The molecule has 2 aliphatic carbocycles. The van der Waals surface area contributed by atoms with Crippen LogP contribution in [0.1, 0.15) is 37.4 Å². The van der Waals surface area contributed by atoms with Gasteiger partial charge in [0.1, 0.15) is 11.5 Å². The van der Waals surface area contributed by atoms with Crippen molar-refractivity contribution >= 4 is 60.5 Å². The zero-order valence-corrected chi connectivity index (χ0v) is 30.7. The van der Waals surface area contributed by atoms with E-state index in [4.69, 9.17) is 8.85 Å². The van der Waals surface area contributed by atoms with Crippen LogP contribution in [-0.4, -0.2) is 28.2 Å². The lowest BCUT2D eigenvalue weighted by Crippen LogP contribution is -2.58. The number of fused-ring (bicyclic) bond motifs is 3. The molecule has 0 spiro atoms. The molecule has 0 bridgehead atoms. The number of hydrogen-bond donors (Lipinski definition) is 0. The van der Waals surface area contributed by atoms with Gasteiger partial charge in [-0.15, -0.1) is 0 Å². The first-order valence-electron chi connectivity index (χ1n) is 17.2. The Morgan fingerprint density at radius 3 is 1.14 bits per heavy atom. The van der Waals surface area contributed by atoms with Gasteiger partial charge in [-0.2, -0.15) is 0 Å². The molecule has 0 saturated heterocycles. The van der Waals surface area contributed by atoms with E-state index in [1.807, 2.05) is 122 Å². The van der Waals surface area contributed by atoms with Crippen LogP contribution in [-0.2, 0) is 8.85 Å². The van der Waals surface area contributed by atoms with E-state index in [1.54, 1.807) is 0 Å². The Labute approximate surface area is 300 Å². The van der Waals surface area contributed by atoms with Crippen LogP contribution in [0.3, 0.4) is 0 Å². The van der Waals surface area contributed by atoms with Crippen LogP contribution in [0.4, 0.5) is 0 Å². The molecule has 0 N–H and O–H groups in total. The van der Waals surface area contributed by atoms with Crippen LogP contribution in [0, 0.1) is 6.92 Å². The van der Waals surface area contributed by atoms with Gasteiger partial charge in [0, 0.05) is 22.3 Å². The number of carbonyl (C=O) groups is 2. The van der Waals surface area contributed by atoms with Gasteiger partial charge in [0.2, 0.25) is 0 Å². The average molecular weight is 697 g/mol. The zero-order chi connectivity index (χ0) is 35.2. The molecule has 0 atom stereocenters. The maximum Gasteiger partial charge on any atom is 0.311 e. The van der Waals surface area contributed by atoms with Crippen LogP contribution < -0.4 is 20.7 Å². The van der Waals surface area contributed by atoms with Gasteiger partial charge in [-0.3, -0.25) is 9.59 Å². The van der Waals surface area contributed by atoms with Crippen LogP contribution in [0.5, 0.6) is 0 Å². The minimum absolute atomic E-state index is 0.242. The van der Waals surface area contributed by atoms with Crippen LogP contribution >= 0.6 is 0 Å². The Bertz CT molecular complexity index is 2290. The van der Waals surface area contributed by atoms with Gasteiger partial charge >= 0.3 is 16.6 Å². The van der Waals surface area contributed by atoms with Crippen molar-refractivity contribution in [2.24, 2.45) is 0 Å². The summed E-state index contributed by atoms with van der Waals surface area (Å²) in [5, 5.41) is 4.20. The fraction of sp³-hybridized carbons (Fsp3) is 0.0667. The summed E-state index contributed by atoms with van der Waals surface area (Å²) in [6.45, 7) is 6.29. The molecule has 6 aromatic carbocycles. The van der Waals surface area contributed by atoms with E-state index in [0.717, 1.165) is 26.3 Å². The lowest BCUT2D eigenvalue weighted by atomic mass is 9.76. The number of Topliss-reactive ketones (excluding diaryl/α,β-unsaturated/α-hetero) is 2. The lowest BCUT2D eigenvalue weighted by molar-refractivity contribution is 0.0988. The van der Waals surface area contributed by atoms with Crippen LogP contribution in [0.15, 0.2) is 175 Å². The highest BCUT2D eigenvalue weighted by molar-refractivity contribution is 6.97. The molecule has 8 rings (SSSR count). The second kappa shape index (κ2) is 12.8. The third-order valence-corrected chi connectivity index (χ3v) is 17.1. The monoisotopic (exact) mass is 696 g/mol. The molecule has 51 heavy (non-hydrogen) atoms. The molecule has 0 amide bonds. The van der Waals surface area contributed by atoms with Gasteiger partial charge < -0.3 is 8.85 Å². The highest BCUT2D eigenvalue weighted by Crippen LogP contribution is 2.46. The minimum atomic E-state index is -3.04. The third-order valence-electron chi connectivity index (χ3n) is 10.1. The number of rotatable bonds is 8. The summed E-state index contributed by atoms with van der Waals surface area (Å²) in [5.74, 6) is 0.352. The fourth-order valence-corrected chi connectivity index (χ4v) is 13.0. The number of allylic oxidation sites excluding steroid dienone is 2.